The molecule has 0 atom stereocenters. The lowest BCUT2D eigenvalue weighted by molar-refractivity contribution is -0.131. The number of rotatable bonds is 4. The number of nitrogen functional groups attached to an aromatic ring is 1. The molecule has 0 aliphatic heterocycles. The van der Waals surface area contributed by atoms with E-state index in [1.54, 1.807) is 0 Å². The normalized spacial score (nSPS) is 11.2. The van der Waals surface area contributed by atoms with Crippen molar-refractivity contribution in [3.8, 4) is 17.0 Å². The van der Waals surface area contributed by atoms with E-state index < -0.39 is 0 Å². The summed E-state index contributed by atoms with van der Waals surface area (Å²) in [7, 11) is 0. The summed E-state index contributed by atoms with van der Waals surface area (Å²) in [6.07, 6.45) is 3.98. The first-order valence-corrected chi connectivity index (χ1v) is 9.04. The summed E-state index contributed by atoms with van der Waals surface area (Å²) >= 11 is 0. The van der Waals surface area contributed by atoms with Gasteiger partial charge in [0.25, 0.3) is 0 Å². The lowest BCUT2D eigenvalue weighted by atomic mass is 10.1. The molecule has 1 aromatic heterocycles. The summed E-state index contributed by atoms with van der Waals surface area (Å²) in [4.78, 5) is 15.1. The van der Waals surface area contributed by atoms with Gasteiger partial charge >= 0.3 is 5.97 Å². The molecule has 0 aliphatic rings. The Hall–Kier alpha value is -3.79. The first-order chi connectivity index (χ1) is 13.6. The predicted octanol–water partition coefficient (Wildman–Crippen LogP) is 5.51. The minimum Gasteiger partial charge on any atom is -0.424 e. The summed E-state index contributed by atoms with van der Waals surface area (Å²) < 4.78 is 5.58. The molecule has 0 fully saturated rings. The van der Waals surface area contributed by atoms with E-state index in [-0.39, 0.29) is 5.97 Å². The average molecular weight is 368 g/mol. The largest absolute Gasteiger partial charge is 0.424 e. The van der Waals surface area contributed by atoms with Crippen molar-refractivity contribution < 1.29 is 9.53 Å². The maximum Gasteiger partial charge on any atom is 0.308 e. The standard InChI is InChI=1S/C24H20N2O2/c1-16(27)28-24-20-14-19(13-12-17-8-4-2-5-9-17)21(25)15-22(20)26-23(24)18-10-6-3-7-11-18/h2-15,26H,25H2,1H3/b13-12+. The fraction of sp³-hybridized carbons (Fsp3) is 0.0417. The molecule has 0 saturated heterocycles. The fourth-order valence-electron chi connectivity index (χ4n) is 3.20. The van der Waals surface area contributed by atoms with Crippen molar-refractivity contribution in [3.63, 3.8) is 0 Å². The lowest BCUT2D eigenvalue weighted by Gasteiger charge is -2.05. The van der Waals surface area contributed by atoms with Gasteiger partial charge in [-0.05, 0) is 23.3 Å². The number of benzene rings is 3. The van der Waals surface area contributed by atoms with Crippen LogP contribution >= 0.6 is 0 Å². The van der Waals surface area contributed by atoms with Crippen LogP contribution in [0.15, 0.2) is 72.8 Å². The highest BCUT2D eigenvalue weighted by atomic mass is 16.5. The average Bonchev–Trinajstić information content (AvgIpc) is 3.04. The van der Waals surface area contributed by atoms with E-state index in [0.717, 1.165) is 33.3 Å². The van der Waals surface area contributed by atoms with Crippen molar-refractivity contribution in [2.45, 2.75) is 6.92 Å². The van der Waals surface area contributed by atoms with Crippen LogP contribution in [0, 0.1) is 0 Å². The number of H-pyrrole nitrogens is 1. The second-order valence-corrected chi connectivity index (χ2v) is 6.56. The van der Waals surface area contributed by atoms with Gasteiger partial charge in [0.2, 0.25) is 0 Å². The van der Waals surface area contributed by atoms with E-state index in [1.165, 1.54) is 6.92 Å². The van der Waals surface area contributed by atoms with Gasteiger partial charge in [0.1, 0.15) is 0 Å². The SMILES string of the molecule is CC(=O)Oc1c(-c2ccccc2)[nH]c2cc(N)c(/C=C/c3ccccc3)cc12. The lowest BCUT2D eigenvalue weighted by Crippen LogP contribution is -2.02. The van der Waals surface area contributed by atoms with Gasteiger partial charge in [-0.2, -0.15) is 0 Å². The topological polar surface area (TPSA) is 68.1 Å². The molecule has 0 radical (unpaired) electrons. The number of carbonyl (C=O) groups is 1. The summed E-state index contributed by atoms with van der Waals surface area (Å²) in [6, 6.07) is 23.6. The minimum absolute atomic E-state index is 0.365. The van der Waals surface area contributed by atoms with Crippen LogP contribution in [0.5, 0.6) is 5.75 Å². The van der Waals surface area contributed by atoms with Gasteiger partial charge in [0.05, 0.1) is 11.2 Å². The summed E-state index contributed by atoms with van der Waals surface area (Å²) in [6.45, 7) is 1.40. The van der Waals surface area contributed by atoms with Gasteiger partial charge in [-0.1, -0.05) is 72.8 Å². The monoisotopic (exact) mass is 368 g/mol. The molecule has 0 amide bonds. The van der Waals surface area contributed by atoms with Crippen LogP contribution in [0.3, 0.4) is 0 Å². The maximum absolute atomic E-state index is 11.7. The van der Waals surface area contributed by atoms with E-state index in [4.69, 9.17) is 10.5 Å². The van der Waals surface area contributed by atoms with Gasteiger partial charge < -0.3 is 15.5 Å². The molecule has 4 nitrogen and oxygen atoms in total. The van der Waals surface area contributed by atoms with E-state index in [2.05, 4.69) is 4.98 Å². The molecular formula is C24H20N2O2. The predicted molar refractivity (Wildman–Crippen MR) is 115 cm³/mol. The minimum atomic E-state index is -0.365. The molecule has 0 saturated carbocycles. The Bertz CT molecular complexity index is 1160. The van der Waals surface area contributed by atoms with Gasteiger partial charge in [-0.15, -0.1) is 0 Å². The molecule has 4 rings (SSSR count). The van der Waals surface area contributed by atoms with Crippen LogP contribution < -0.4 is 10.5 Å². The Morgan fingerprint density at radius 3 is 2.32 bits per heavy atom. The molecule has 0 unspecified atom stereocenters. The molecule has 0 aliphatic carbocycles. The second kappa shape index (κ2) is 7.45. The van der Waals surface area contributed by atoms with E-state index in [0.29, 0.717) is 11.4 Å². The summed E-state index contributed by atoms with van der Waals surface area (Å²) in [5, 5.41) is 0.816. The molecular weight excluding hydrogens is 348 g/mol. The number of hydrogen-bond acceptors (Lipinski definition) is 3. The molecule has 28 heavy (non-hydrogen) atoms. The number of fused-ring (bicyclic) bond motifs is 1. The van der Waals surface area contributed by atoms with Gasteiger partial charge in [-0.25, -0.2) is 0 Å². The van der Waals surface area contributed by atoms with Gasteiger partial charge in [0, 0.05) is 23.6 Å². The third kappa shape index (κ3) is 3.53. The molecule has 1 heterocycles. The number of carbonyl (C=O) groups excluding carboxylic acids is 1. The third-order valence-electron chi connectivity index (χ3n) is 4.52. The van der Waals surface area contributed by atoms with Crippen molar-refractivity contribution in [1.82, 2.24) is 4.98 Å². The zero-order chi connectivity index (χ0) is 19.5. The van der Waals surface area contributed by atoms with Crippen LogP contribution in [0.2, 0.25) is 0 Å². The zero-order valence-corrected chi connectivity index (χ0v) is 15.5. The van der Waals surface area contributed by atoms with E-state index in [1.807, 2.05) is 84.9 Å². The van der Waals surface area contributed by atoms with Crippen molar-refractivity contribution >= 4 is 34.7 Å². The maximum atomic E-state index is 11.7. The fourth-order valence-corrected chi connectivity index (χ4v) is 3.20. The van der Waals surface area contributed by atoms with Crippen molar-refractivity contribution in [2.75, 3.05) is 5.73 Å². The number of aromatic amines is 1. The highest BCUT2D eigenvalue weighted by Crippen LogP contribution is 2.39. The highest BCUT2D eigenvalue weighted by molar-refractivity contribution is 5.99. The van der Waals surface area contributed by atoms with E-state index >= 15 is 0 Å². The quantitative estimate of drug-likeness (QED) is 0.283. The van der Waals surface area contributed by atoms with Gasteiger partial charge in [0.15, 0.2) is 5.75 Å². The van der Waals surface area contributed by atoms with Crippen LogP contribution in [0.1, 0.15) is 18.1 Å². The van der Waals surface area contributed by atoms with Crippen LogP contribution in [0.4, 0.5) is 5.69 Å². The Labute approximate surface area is 163 Å². The molecule has 0 spiro atoms. The van der Waals surface area contributed by atoms with Gasteiger partial charge in [-0.3, -0.25) is 4.79 Å². The van der Waals surface area contributed by atoms with Crippen LogP contribution in [-0.2, 0) is 4.79 Å². The number of anilines is 1. The second-order valence-electron chi connectivity index (χ2n) is 6.56. The van der Waals surface area contributed by atoms with Crippen molar-refractivity contribution in [1.29, 1.82) is 0 Å². The van der Waals surface area contributed by atoms with Crippen LogP contribution in [0.25, 0.3) is 34.3 Å². The Kier molecular flexibility index (Phi) is 4.68. The van der Waals surface area contributed by atoms with Crippen molar-refractivity contribution in [2.24, 2.45) is 0 Å². The van der Waals surface area contributed by atoms with E-state index in [9.17, 15) is 4.79 Å². The number of nitrogens with two attached hydrogens (primary N) is 1. The third-order valence-corrected chi connectivity index (χ3v) is 4.52. The highest BCUT2D eigenvalue weighted by Gasteiger charge is 2.17. The number of aromatic nitrogens is 1. The Balaban J connectivity index is 1.85. The summed E-state index contributed by atoms with van der Waals surface area (Å²) in [5.74, 6) is 0.152. The summed E-state index contributed by atoms with van der Waals surface area (Å²) in [5.41, 5.74) is 11.4. The Morgan fingerprint density at radius 2 is 1.64 bits per heavy atom. The van der Waals surface area contributed by atoms with Crippen LogP contribution in [-0.4, -0.2) is 11.0 Å². The molecule has 4 heteroatoms. The number of nitrogens with one attached hydrogen (secondary N) is 1. The first kappa shape index (κ1) is 17.6. The van der Waals surface area contributed by atoms with Crippen molar-refractivity contribution in [3.05, 3.63) is 83.9 Å². The number of ether oxygens (including phenoxy) is 1. The molecule has 3 aromatic carbocycles. The molecule has 4 aromatic rings. The smallest absolute Gasteiger partial charge is 0.308 e. The Morgan fingerprint density at radius 1 is 0.964 bits per heavy atom. The molecule has 0 bridgehead atoms. The number of esters is 1. The number of hydrogen-bond donors (Lipinski definition) is 2. The molecule has 138 valence electrons. The first-order valence-electron chi connectivity index (χ1n) is 9.04. The zero-order valence-electron chi connectivity index (χ0n) is 15.5. The molecule has 3 N–H and O–H groups in total.